The minimum absolute atomic E-state index is 0.428. The molecule has 0 bridgehead atoms. The monoisotopic (exact) mass is 578 g/mol. The average molecular weight is 579 g/mol. The molecular formula is C35H31ClN2O4. The van der Waals surface area contributed by atoms with Crippen LogP contribution in [-0.4, -0.2) is 31.1 Å². The number of rotatable bonds is 7. The Labute approximate surface area is 250 Å². The fourth-order valence-electron chi connectivity index (χ4n) is 5.98. The van der Waals surface area contributed by atoms with Gasteiger partial charge in [0.1, 0.15) is 29.5 Å². The van der Waals surface area contributed by atoms with Gasteiger partial charge in [0, 0.05) is 27.6 Å². The van der Waals surface area contributed by atoms with Crippen molar-refractivity contribution in [3.05, 3.63) is 108 Å². The highest BCUT2D eigenvalue weighted by molar-refractivity contribution is 6.31. The van der Waals surface area contributed by atoms with Crippen LogP contribution in [0.5, 0.6) is 17.2 Å². The van der Waals surface area contributed by atoms with Crippen LogP contribution in [0, 0.1) is 0 Å². The first kappa shape index (κ1) is 27.6. The first-order chi connectivity index (χ1) is 20.3. The van der Waals surface area contributed by atoms with E-state index in [-0.39, 0.29) is 0 Å². The molecule has 2 aliphatic rings. The van der Waals surface area contributed by atoms with Crippen molar-refractivity contribution in [2.75, 3.05) is 18.1 Å². The molecule has 0 amide bonds. The van der Waals surface area contributed by atoms with E-state index in [2.05, 4.69) is 31.4 Å². The van der Waals surface area contributed by atoms with E-state index < -0.39 is 17.1 Å². The number of hydrogen-bond donors (Lipinski definition) is 0. The van der Waals surface area contributed by atoms with Gasteiger partial charge in [-0.2, -0.15) is 0 Å². The largest absolute Gasteiger partial charge is 0.492 e. The number of hydrogen-bond acceptors (Lipinski definition) is 6. The lowest BCUT2D eigenvalue weighted by Gasteiger charge is -2.46. The molecule has 0 saturated heterocycles. The van der Waals surface area contributed by atoms with E-state index in [0.29, 0.717) is 35.4 Å². The second-order valence-electron chi connectivity index (χ2n) is 10.8. The molecule has 212 valence electrons. The minimum Gasteiger partial charge on any atom is -0.492 e. The zero-order valence-corrected chi connectivity index (χ0v) is 24.5. The van der Waals surface area contributed by atoms with Gasteiger partial charge < -0.3 is 19.1 Å². The number of allylic oxidation sites excluding steroid dienone is 1. The third-order valence-corrected chi connectivity index (χ3v) is 8.23. The van der Waals surface area contributed by atoms with Crippen LogP contribution < -0.4 is 19.1 Å². The number of ether oxygens (including phenoxy) is 3. The Morgan fingerprint density at radius 3 is 2.67 bits per heavy atom. The van der Waals surface area contributed by atoms with Crippen molar-refractivity contribution >= 4 is 52.0 Å². The standard InChI is InChI=1S/C35H31ClN2O4/c1-5-11-23-20-30-33(26-14-10-15-29(32(23)26)41-31(39)6-2)37-22-35(42-30)34(3,4)27-17-16-24(36)21-28(27)38(35)18-19-40-25-12-8-7-9-13-25/h5-17,20-22H,2,18-19H2,1,3-4H3/b11-5+. The minimum atomic E-state index is -0.957. The Morgan fingerprint density at radius 1 is 1.10 bits per heavy atom. The summed E-state index contributed by atoms with van der Waals surface area (Å²) < 4.78 is 18.8. The van der Waals surface area contributed by atoms with Gasteiger partial charge in [0.15, 0.2) is 0 Å². The SMILES string of the molecule is C=CC(=O)Oc1cccc2c3c(cc(/C=C/C)c12)OC1(C=N3)N(CCOc2ccccc2)c2cc(Cl)ccc2C1(C)C. The maximum Gasteiger partial charge on any atom is 0.335 e. The second kappa shape index (κ2) is 10.7. The Balaban J connectivity index is 1.47. The number of fused-ring (bicyclic) bond motifs is 4. The fourth-order valence-corrected chi connectivity index (χ4v) is 6.15. The molecule has 1 atom stereocenters. The highest BCUT2D eigenvalue weighted by Gasteiger charge is 2.59. The van der Waals surface area contributed by atoms with Crippen LogP contribution in [0.1, 0.15) is 31.9 Å². The Hall–Kier alpha value is -4.55. The maximum atomic E-state index is 12.1. The van der Waals surface area contributed by atoms with Crippen LogP contribution in [0.3, 0.4) is 0 Å². The lowest BCUT2D eigenvalue weighted by atomic mass is 9.77. The van der Waals surface area contributed by atoms with Crippen LogP contribution in [0.15, 0.2) is 96.5 Å². The van der Waals surface area contributed by atoms with Gasteiger partial charge in [-0.1, -0.05) is 66.7 Å². The summed E-state index contributed by atoms with van der Waals surface area (Å²) in [6.07, 6.45) is 6.96. The summed E-state index contributed by atoms with van der Waals surface area (Å²) in [7, 11) is 0. The zero-order valence-electron chi connectivity index (χ0n) is 23.8. The molecule has 6 rings (SSSR count). The average Bonchev–Trinajstić information content (AvgIpc) is 3.15. The smallest absolute Gasteiger partial charge is 0.335 e. The summed E-state index contributed by atoms with van der Waals surface area (Å²) in [5, 5.41) is 2.23. The van der Waals surface area contributed by atoms with Crippen molar-refractivity contribution in [3.63, 3.8) is 0 Å². The molecule has 2 heterocycles. The molecule has 0 aliphatic carbocycles. The van der Waals surface area contributed by atoms with Gasteiger partial charge in [0.2, 0.25) is 5.72 Å². The summed E-state index contributed by atoms with van der Waals surface area (Å²) in [5.41, 5.74) is 2.15. The quantitative estimate of drug-likeness (QED) is 0.125. The first-order valence-corrected chi connectivity index (χ1v) is 14.2. The van der Waals surface area contributed by atoms with Gasteiger partial charge >= 0.3 is 5.97 Å². The molecule has 1 spiro atoms. The van der Waals surface area contributed by atoms with E-state index in [1.165, 1.54) is 0 Å². The number of esters is 1. The predicted molar refractivity (Wildman–Crippen MR) is 170 cm³/mol. The third-order valence-electron chi connectivity index (χ3n) is 7.99. The Kier molecular flexibility index (Phi) is 7.03. The summed E-state index contributed by atoms with van der Waals surface area (Å²) in [6.45, 7) is 10.8. The molecule has 0 saturated carbocycles. The van der Waals surface area contributed by atoms with Crippen molar-refractivity contribution in [2.24, 2.45) is 4.99 Å². The molecule has 4 aromatic rings. The van der Waals surface area contributed by atoms with E-state index >= 15 is 0 Å². The van der Waals surface area contributed by atoms with Crippen LogP contribution in [0.4, 0.5) is 11.4 Å². The second-order valence-corrected chi connectivity index (χ2v) is 11.2. The molecule has 7 heteroatoms. The molecular weight excluding hydrogens is 548 g/mol. The van der Waals surface area contributed by atoms with Crippen LogP contribution in [0.25, 0.3) is 16.8 Å². The molecule has 4 aromatic carbocycles. The highest BCUT2D eigenvalue weighted by Crippen LogP contribution is 2.56. The highest BCUT2D eigenvalue weighted by atomic mass is 35.5. The van der Waals surface area contributed by atoms with Gasteiger partial charge in [-0.3, -0.25) is 4.99 Å². The summed E-state index contributed by atoms with van der Waals surface area (Å²) in [5.74, 6) is 1.34. The first-order valence-electron chi connectivity index (χ1n) is 13.9. The molecule has 0 N–H and O–H groups in total. The molecule has 0 radical (unpaired) electrons. The summed E-state index contributed by atoms with van der Waals surface area (Å²) in [4.78, 5) is 19.4. The van der Waals surface area contributed by atoms with Crippen molar-refractivity contribution in [3.8, 4) is 17.2 Å². The molecule has 0 aromatic heterocycles. The van der Waals surface area contributed by atoms with Gasteiger partial charge in [0.05, 0.1) is 18.2 Å². The van der Waals surface area contributed by atoms with E-state index in [9.17, 15) is 4.79 Å². The normalized spacial score (nSPS) is 18.1. The molecule has 2 aliphatic heterocycles. The number of carbonyl (C=O) groups is 1. The molecule has 0 fully saturated rings. The van der Waals surface area contributed by atoms with Gasteiger partial charge in [0.25, 0.3) is 0 Å². The van der Waals surface area contributed by atoms with Gasteiger partial charge in [-0.05, 0) is 68.3 Å². The number of benzene rings is 4. The molecule has 6 nitrogen and oxygen atoms in total. The van der Waals surface area contributed by atoms with Crippen LogP contribution in [0.2, 0.25) is 5.02 Å². The number of aliphatic imine (C=N–C) groups is 1. The Bertz CT molecular complexity index is 1760. The van der Waals surface area contributed by atoms with Gasteiger partial charge in [-0.25, -0.2) is 4.79 Å². The topological polar surface area (TPSA) is 60.4 Å². The van der Waals surface area contributed by atoms with Crippen molar-refractivity contribution in [1.29, 1.82) is 0 Å². The van der Waals surface area contributed by atoms with Crippen molar-refractivity contribution < 1.29 is 19.0 Å². The zero-order chi connectivity index (χ0) is 29.5. The lowest BCUT2D eigenvalue weighted by molar-refractivity contribution is -0.128. The van der Waals surface area contributed by atoms with E-state index in [1.54, 1.807) is 6.07 Å². The van der Waals surface area contributed by atoms with E-state index in [0.717, 1.165) is 39.4 Å². The van der Waals surface area contributed by atoms with Crippen molar-refractivity contribution in [2.45, 2.75) is 31.9 Å². The van der Waals surface area contributed by atoms with Crippen molar-refractivity contribution in [1.82, 2.24) is 0 Å². The number of anilines is 1. The fraction of sp³-hybridized carbons (Fsp3) is 0.200. The number of nitrogens with zero attached hydrogens (tertiary/aromatic N) is 2. The Morgan fingerprint density at radius 2 is 1.90 bits per heavy atom. The summed E-state index contributed by atoms with van der Waals surface area (Å²) in [6, 6.07) is 23.3. The van der Waals surface area contributed by atoms with Gasteiger partial charge in [-0.15, -0.1) is 0 Å². The number of carbonyl (C=O) groups excluding carboxylic acids is 1. The summed E-state index contributed by atoms with van der Waals surface area (Å²) >= 11 is 6.52. The van der Waals surface area contributed by atoms with Crippen LogP contribution >= 0.6 is 11.6 Å². The van der Waals surface area contributed by atoms with E-state index in [4.69, 9.17) is 30.8 Å². The third kappa shape index (κ3) is 4.43. The number of halogens is 1. The predicted octanol–water partition coefficient (Wildman–Crippen LogP) is 8.29. The van der Waals surface area contributed by atoms with E-state index in [1.807, 2.05) is 86.0 Å². The molecule has 1 unspecified atom stereocenters. The number of para-hydroxylation sites is 1. The molecule has 42 heavy (non-hydrogen) atoms. The lowest BCUT2D eigenvalue weighted by Crippen LogP contribution is -2.62. The maximum absolute atomic E-state index is 12.1. The van der Waals surface area contributed by atoms with Crippen LogP contribution in [-0.2, 0) is 10.2 Å².